The second-order valence-electron chi connectivity index (χ2n) is 6.15. The van der Waals surface area contributed by atoms with Crippen molar-refractivity contribution in [2.75, 3.05) is 19.4 Å². The Morgan fingerprint density at radius 3 is 2.62 bits per heavy atom. The van der Waals surface area contributed by atoms with Gasteiger partial charge < -0.3 is 16.0 Å². The number of carbonyl (C=O) groups excluding carboxylic acids is 2. The van der Waals surface area contributed by atoms with Crippen molar-refractivity contribution in [1.82, 2.24) is 4.90 Å². The number of hydrogen-bond donors (Lipinski definition) is 2. The first kappa shape index (κ1) is 18.4. The van der Waals surface area contributed by atoms with E-state index in [2.05, 4.69) is 5.32 Å². The Morgan fingerprint density at radius 1 is 1.19 bits per heavy atom. The fraction of sp³-hybridized carbons (Fsp3) is 0.158. The zero-order valence-corrected chi connectivity index (χ0v) is 15.9. The fourth-order valence-corrected chi connectivity index (χ4v) is 4.05. The number of benzene rings is 2. The molecule has 134 valence electrons. The first-order valence-corrected chi connectivity index (χ1v) is 9.12. The Morgan fingerprint density at radius 2 is 1.92 bits per heavy atom. The van der Waals surface area contributed by atoms with Crippen LogP contribution in [0.15, 0.2) is 42.5 Å². The van der Waals surface area contributed by atoms with Gasteiger partial charge in [-0.15, -0.1) is 11.3 Å². The number of amides is 2. The van der Waals surface area contributed by atoms with Crippen molar-refractivity contribution in [3.05, 3.63) is 63.5 Å². The molecule has 0 aliphatic heterocycles. The number of anilines is 1. The van der Waals surface area contributed by atoms with E-state index in [1.807, 2.05) is 43.3 Å². The number of carbonyl (C=O) groups is 2. The lowest BCUT2D eigenvalue weighted by molar-refractivity contribution is 0.100. The predicted octanol–water partition coefficient (Wildman–Crippen LogP) is 3.97. The molecular weight excluding hydrogens is 370 g/mol. The first-order chi connectivity index (χ1) is 12.4. The average molecular weight is 388 g/mol. The molecule has 0 aliphatic carbocycles. The molecule has 0 radical (unpaired) electrons. The maximum atomic E-state index is 12.9. The topological polar surface area (TPSA) is 75.4 Å². The summed E-state index contributed by atoms with van der Waals surface area (Å²) in [5, 5.41) is 4.24. The molecule has 0 spiro atoms. The molecule has 0 saturated carbocycles. The van der Waals surface area contributed by atoms with Crippen LogP contribution in [0.4, 0.5) is 5.69 Å². The van der Waals surface area contributed by atoms with Crippen LogP contribution in [-0.2, 0) is 6.54 Å². The highest BCUT2D eigenvalue weighted by atomic mass is 35.5. The van der Waals surface area contributed by atoms with Gasteiger partial charge in [0.15, 0.2) is 0 Å². The third kappa shape index (κ3) is 3.72. The van der Waals surface area contributed by atoms with Gasteiger partial charge in [-0.25, -0.2) is 0 Å². The van der Waals surface area contributed by atoms with Gasteiger partial charge in [-0.2, -0.15) is 0 Å². The number of fused-ring (bicyclic) bond motifs is 1. The lowest BCUT2D eigenvalue weighted by Crippen LogP contribution is -2.19. The van der Waals surface area contributed by atoms with Crippen molar-refractivity contribution in [3.63, 3.8) is 0 Å². The molecule has 2 aromatic carbocycles. The highest BCUT2D eigenvalue weighted by molar-refractivity contribution is 7.21. The Kier molecular flexibility index (Phi) is 5.27. The van der Waals surface area contributed by atoms with Gasteiger partial charge in [-0.1, -0.05) is 29.8 Å². The molecule has 2 amide bonds. The number of primary amides is 1. The number of halogens is 1. The summed E-state index contributed by atoms with van der Waals surface area (Å²) in [6.07, 6.45) is 0. The molecule has 0 bridgehead atoms. The van der Waals surface area contributed by atoms with Crippen LogP contribution in [0.3, 0.4) is 0 Å². The standard InChI is InChI=1S/C19H18ClN3O2S/c1-23(2)10-14-12-5-3-4-6-16(12)26-17(14)19(25)22-15-8-7-11(20)9-13(15)18(21)24/h3-9H,10H2,1-2H3,(H2,21,24)(H,22,25). The lowest BCUT2D eigenvalue weighted by Gasteiger charge is -2.12. The number of nitrogens with one attached hydrogen (secondary N) is 1. The van der Waals surface area contributed by atoms with Crippen molar-refractivity contribution in [3.8, 4) is 0 Å². The summed E-state index contributed by atoms with van der Waals surface area (Å²) < 4.78 is 1.04. The zero-order chi connectivity index (χ0) is 18.8. The van der Waals surface area contributed by atoms with Gasteiger partial charge >= 0.3 is 0 Å². The van der Waals surface area contributed by atoms with E-state index in [-0.39, 0.29) is 11.5 Å². The zero-order valence-electron chi connectivity index (χ0n) is 14.4. The van der Waals surface area contributed by atoms with Crippen molar-refractivity contribution in [1.29, 1.82) is 0 Å². The van der Waals surface area contributed by atoms with E-state index in [4.69, 9.17) is 17.3 Å². The van der Waals surface area contributed by atoms with E-state index >= 15 is 0 Å². The van der Waals surface area contributed by atoms with E-state index in [0.717, 1.165) is 15.6 Å². The summed E-state index contributed by atoms with van der Waals surface area (Å²) in [5.41, 5.74) is 6.89. The largest absolute Gasteiger partial charge is 0.366 e. The van der Waals surface area contributed by atoms with Gasteiger partial charge in [0, 0.05) is 16.3 Å². The molecule has 0 unspecified atom stereocenters. The Labute approximate surface area is 160 Å². The van der Waals surface area contributed by atoms with Gasteiger partial charge in [0.1, 0.15) is 0 Å². The van der Waals surface area contributed by atoms with Crippen LogP contribution >= 0.6 is 22.9 Å². The maximum Gasteiger partial charge on any atom is 0.266 e. The van der Waals surface area contributed by atoms with Crippen LogP contribution in [0, 0.1) is 0 Å². The van der Waals surface area contributed by atoms with Gasteiger partial charge in [-0.05, 0) is 49.3 Å². The number of thiophene rings is 1. The first-order valence-electron chi connectivity index (χ1n) is 7.92. The normalized spacial score (nSPS) is 11.1. The molecule has 0 aliphatic rings. The van der Waals surface area contributed by atoms with Crippen LogP contribution < -0.4 is 11.1 Å². The molecule has 1 aromatic heterocycles. The highest BCUT2D eigenvalue weighted by Gasteiger charge is 2.20. The van der Waals surface area contributed by atoms with Gasteiger partial charge in [0.2, 0.25) is 0 Å². The third-order valence-corrected chi connectivity index (χ3v) is 5.32. The summed E-state index contributed by atoms with van der Waals surface area (Å²) in [6, 6.07) is 12.6. The quantitative estimate of drug-likeness (QED) is 0.695. The summed E-state index contributed by atoms with van der Waals surface area (Å²) in [7, 11) is 3.91. The molecule has 0 fully saturated rings. The minimum Gasteiger partial charge on any atom is -0.366 e. The van der Waals surface area contributed by atoms with Crippen LogP contribution in [0.2, 0.25) is 5.02 Å². The fourth-order valence-electron chi connectivity index (χ4n) is 2.76. The van der Waals surface area contributed by atoms with E-state index in [1.165, 1.54) is 17.4 Å². The Bertz CT molecular complexity index is 998. The smallest absolute Gasteiger partial charge is 0.266 e. The van der Waals surface area contributed by atoms with Crippen molar-refractivity contribution in [2.24, 2.45) is 5.73 Å². The molecule has 3 rings (SSSR count). The van der Waals surface area contributed by atoms with E-state index in [1.54, 1.807) is 12.1 Å². The van der Waals surface area contributed by atoms with E-state index in [9.17, 15) is 9.59 Å². The van der Waals surface area contributed by atoms with E-state index in [0.29, 0.717) is 22.1 Å². The molecular formula is C19H18ClN3O2S. The Balaban J connectivity index is 2.02. The highest BCUT2D eigenvalue weighted by Crippen LogP contribution is 2.33. The van der Waals surface area contributed by atoms with Gasteiger partial charge in [0.05, 0.1) is 16.1 Å². The number of nitrogens with zero attached hydrogens (tertiary/aromatic N) is 1. The molecule has 0 atom stereocenters. The van der Waals surface area contributed by atoms with Crippen molar-refractivity contribution in [2.45, 2.75) is 6.54 Å². The van der Waals surface area contributed by atoms with Crippen LogP contribution in [0.5, 0.6) is 0 Å². The molecule has 3 aromatic rings. The molecule has 3 N–H and O–H groups in total. The van der Waals surface area contributed by atoms with Crippen LogP contribution in [0.25, 0.3) is 10.1 Å². The van der Waals surface area contributed by atoms with Gasteiger partial charge in [0.25, 0.3) is 11.8 Å². The average Bonchev–Trinajstić information content (AvgIpc) is 2.94. The number of rotatable bonds is 5. The van der Waals surface area contributed by atoms with E-state index < -0.39 is 5.91 Å². The second kappa shape index (κ2) is 7.45. The van der Waals surface area contributed by atoms with Crippen LogP contribution in [0.1, 0.15) is 25.6 Å². The third-order valence-electron chi connectivity index (χ3n) is 3.87. The minimum absolute atomic E-state index is 0.182. The monoisotopic (exact) mass is 387 g/mol. The SMILES string of the molecule is CN(C)Cc1c(C(=O)Nc2ccc(Cl)cc2C(N)=O)sc2ccccc12. The Hall–Kier alpha value is -2.41. The molecule has 7 heteroatoms. The minimum atomic E-state index is -0.646. The number of hydrogen-bond acceptors (Lipinski definition) is 4. The van der Waals surface area contributed by atoms with Crippen molar-refractivity contribution >= 4 is 50.5 Å². The maximum absolute atomic E-state index is 12.9. The second-order valence-corrected chi connectivity index (χ2v) is 7.64. The summed E-state index contributed by atoms with van der Waals surface area (Å²) in [6.45, 7) is 0.635. The number of nitrogens with two attached hydrogens (primary N) is 1. The van der Waals surface area contributed by atoms with Crippen molar-refractivity contribution < 1.29 is 9.59 Å². The van der Waals surface area contributed by atoms with Gasteiger partial charge in [-0.3, -0.25) is 9.59 Å². The summed E-state index contributed by atoms with van der Waals surface area (Å²) in [4.78, 5) is 27.2. The molecule has 1 heterocycles. The molecule has 26 heavy (non-hydrogen) atoms. The van der Waals surface area contributed by atoms with Crippen LogP contribution in [-0.4, -0.2) is 30.8 Å². The summed E-state index contributed by atoms with van der Waals surface area (Å²) in [5.74, 6) is -0.916. The lowest BCUT2D eigenvalue weighted by atomic mass is 10.1. The summed E-state index contributed by atoms with van der Waals surface area (Å²) >= 11 is 7.36. The molecule has 0 saturated heterocycles. The predicted molar refractivity (Wildman–Crippen MR) is 107 cm³/mol. The molecule has 5 nitrogen and oxygen atoms in total.